The molecular formula is C17H27NO. The van der Waals surface area contributed by atoms with Crippen molar-refractivity contribution >= 4 is 0 Å². The Morgan fingerprint density at radius 3 is 2.63 bits per heavy atom. The summed E-state index contributed by atoms with van der Waals surface area (Å²) in [6, 6.07) is 8.90. The minimum Gasteiger partial charge on any atom is -0.376 e. The maximum absolute atomic E-state index is 5.71. The Labute approximate surface area is 117 Å². The molecule has 0 spiro atoms. The lowest BCUT2D eigenvalue weighted by atomic mass is 10.00. The van der Waals surface area contributed by atoms with E-state index in [9.17, 15) is 0 Å². The highest BCUT2D eigenvalue weighted by atomic mass is 16.5. The lowest BCUT2D eigenvalue weighted by Crippen LogP contribution is -2.20. The first-order chi connectivity index (χ1) is 9.29. The molecule has 1 aliphatic rings. The zero-order chi connectivity index (χ0) is 13.5. The van der Waals surface area contributed by atoms with Crippen molar-refractivity contribution in [3.63, 3.8) is 0 Å². The lowest BCUT2D eigenvalue weighted by molar-refractivity contribution is 0.111. The molecule has 1 aliphatic carbocycles. The van der Waals surface area contributed by atoms with Crippen LogP contribution in [0.25, 0.3) is 0 Å². The second kappa shape index (κ2) is 7.66. The second-order valence-corrected chi connectivity index (χ2v) is 5.81. The molecule has 0 bridgehead atoms. The van der Waals surface area contributed by atoms with Gasteiger partial charge in [-0.25, -0.2) is 0 Å². The summed E-state index contributed by atoms with van der Waals surface area (Å²) in [5.41, 5.74) is 2.70. The van der Waals surface area contributed by atoms with Crippen LogP contribution in [0.15, 0.2) is 24.3 Å². The highest BCUT2D eigenvalue weighted by molar-refractivity contribution is 5.24. The zero-order valence-electron chi connectivity index (χ0n) is 12.3. The molecule has 0 amide bonds. The number of rotatable bonds is 9. The number of benzene rings is 1. The molecule has 19 heavy (non-hydrogen) atoms. The van der Waals surface area contributed by atoms with Crippen molar-refractivity contribution in [3.05, 3.63) is 35.4 Å². The van der Waals surface area contributed by atoms with Gasteiger partial charge in [-0.15, -0.1) is 0 Å². The van der Waals surface area contributed by atoms with Crippen LogP contribution >= 0.6 is 0 Å². The van der Waals surface area contributed by atoms with Crippen LogP contribution in [-0.4, -0.2) is 19.7 Å². The zero-order valence-corrected chi connectivity index (χ0v) is 12.3. The van der Waals surface area contributed by atoms with Gasteiger partial charge in [-0.2, -0.15) is 0 Å². The fourth-order valence-corrected chi connectivity index (χ4v) is 2.18. The largest absolute Gasteiger partial charge is 0.376 e. The summed E-state index contributed by atoms with van der Waals surface area (Å²) < 4.78 is 5.71. The van der Waals surface area contributed by atoms with Crippen LogP contribution in [0.5, 0.6) is 0 Å². The Kier molecular flexibility index (Phi) is 5.87. The third kappa shape index (κ3) is 5.33. The van der Waals surface area contributed by atoms with Gasteiger partial charge in [0, 0.05) is 13.2 Å². The molecule has 1 N–H and O–H groups in total. The van der Waals surface area contributed by atoms with Crippen LogP contribution in [0.3, 0.4) is 0 Å². The van der Waals surface area contributed by atoms with Crippen molar-refractivity contribution in [3.8, 4) is 0 Å². The summed E-state index contributed by atoms with van der Waals surface area (Å²) in [6.45, 7) is 8.36. The normalized spacial score (nSPS) is 16.5. The molecule has 2 heteroatoms. The van der Waals surface area contributed by atoms with E-state index < -0.39 is 0 Å². The van der Waals surface area contributed by atoms with Gasteiger partial charge in [-0.1, -0.05) is 38.1 Å². The molecule has 1 aromatic carbocycles. The van der Waals surface area contributed by atoms with Gasteiger partial charge in [0.2, 0.25) is 0 Å². The topological polar surface area (TPSA) is 21.3 Å². The minimum absolute atomic E-state index is 0.577. The van der Waals surface area contributed by atoms with Crippen LogP contribution in [0, 0.1) is 5.92 Å². The molecule has 1 aromatic rings. The molecule has 1 atom stereocenters. The molecule has 0 aromatic heterocycles. The van der Waals surface area contributed by atoms with Crippen LogP contribution in [-0.2, 0) is 11.3 Å². The van der Waals surface area contributed by atoms with E-state index in [1.807, 2.05) is 0 Å². The smallest absolute Gasteiger partial charge is 0.0717 e. The SMILES string of the molecule is CCCNCC(C)c1ccc(COCC2CC2)cc1. The van der Waals surface area contributed by atoms with E-state index in [0.717, 1.165) is 32.2 Å². The Bertz CT molecular complexity index is 356. The monoisotopic (exact) mass is 261 g/mol. The molecule has 2 nitrogen and oxygen atoms in total. The van der Waals surface area contributed by atoms with E-state index in [4.69, 9.17) is 4.74 Å². The Hall–Kier alpha value is -0.860. The third-order valence-electron chi connectivity index (χ3n) is 3.75. The fraction of sp³-hybridized carbons (Fsp3) is 0.647. The van der Waals surface area contributed by atoms with E-state index in [-0.39, 0.29) is 0 Å². The van der Waals surface area contributed by atoms with E-state index in [1.54, 1.807) is 0 Å². The first-order valence-corrected chi connectivity index (χ1v) is 7.67. The van der Waals surface area contributed by atoms with Gasteiger partial charge in [-0.3, -0.25) is 0 Å². The summed E-state index contributed by atoms with van der Waals surface area (Å²) in [6.07, 6.45) is 3.92. The summed E-state index contributed by atoms with van der Waals surface area (Å²) in [5, 5.41) is 3.48. The second-order valence-electron chi connectivity index (χ2n) is 5.81. The van der Waals surface area contributed by atoms with Gasteiger partial charge in [0.1, 0.15) is 0 Å². The molecule has 0 aliphatic heterocycles. The molecule has 2 rings (SSSR count). The van der Waals surface area contributed by atoms with Crippen molar-refractivity contribution in [1.82, 2.24) is 5.32 Å². The summed E-state index contributed by atoms with van der Waals surface area (Å²) in [4.78, 5) is 0. The Morgan fingerprint density at radius 2 is 2.00 bits per heavy atom. The maximum atomic E-state index is 5.71. The van der Waals surface area contributed by atoms with Gasteiger partial charge >= 0.3 is 0 Å². The average Bonchev–Trinajstić information content (AvgIpc) is 3.24. The first kappa shape index (κ1) is 14.5. The van der Waals surface area contributed by atoms with Crippen molar-refractivity contribution in [2.45, 2.75) is 45.6 Å². The summed E-state index contributed by atoms with van der Waals surface area (Å²) in [5.74, 6) is 1.43. The van der Waals surface area contributed by atoms with E-state index in [2.05, 4.69) is 43.4 Å². The van der Waals surface area contributed by atoms with Crippen molar-refractivity contribution in [2.75, 3.05) is 19.7 Å². The van der Waals surface area contributed by atoms with Gasteiger partial charge in [0.25, 0.3) is 0 Å². The van der Waals surface area contributed by atoms with E-state index in [1.165, 1.54) is 30.4 Å². The number of hydrogen-bond acceptors (Lipinski definition) is 2. The van der Waals surface area contributed by atoms with Crippen molar-refractivity contribution < 1.29 is 4.74 Å². The summed E-state index contributed by atoms with van der Waals surface area (Å²) >= 11 is 0. The van der Waals surface area contributed by atoms with Crippen molar-refractivity contribution in [1.29, 1.82) is 0 Å². The molecule has 1 fully saturated rings. The Morgan fingerprint density at radius 1 is 1.26 bits per heavy atom. The van der Waals surface area contributed by atoms with E-state index in [0.29, 0.717) is 5.92 Å². The molecule has 0 radical (unpaired) electrons. The average molecular weight is 261 g/mol. The summed E-state index contributed by atoms with van der Waals surface area (Å²) in [7, 11) is 0. The third-order valence-corrected chi connectivity index (χ3v) is 3.75. The first-order valence-electron chi connectivity index (χ1n) is 7.67. The lowest BCUT2D eigenvalue weighted by Gasteiger charge is -2.13. The van der Waals surface area contributed by atoms with Crippen LogP contribution in [0.2, 0.25) is 0 Å². The number of ether oxygens (including phenoxy) is 1. The standard InChI is InChI=1S/C17H27NO/c1-3-10-18-11-14(2)17-8-6-16(7-9-17)13-19-12-15-4-5-15/h6-9,14-15,18H,3-5,10-13H2,1-2H3. The molecule has 1 unspecified atom stereocenters. The molecule has 106 valence electrons. The quantitative estimate of drug-likeness (QED) is 0.684. The van der Waals surface area contributed by atoms with Crippen molar-refractivity contribution in [2.24, 2.45) is 5.92 Å². The Balaban J connectivity index is 1.72. The molecular weight excluding hydrogens is 234 g/mol. The maximum Gasteiger partial charge on any atom is 0.0717 e. The number of nitrogens with one attached hydrogen (secondary N) is 1. The molecule has 1 saturated carbocycles. The number of hydrogen-bond donors (Lipinski definition) is 1. The van der Waals surface area contributed by atoms with Gasteiger partial charge in [-0.05, 0) is 48.8 Å². The van der Waals surface area contributed by atoms with Crippen LogP contribution in [0.4, 0.5) is 0 Å². The predicted molar refractivity (Wildman–Crippen MR) is 80.4 cm³/mol. The molecule has 0 saturated heterocycles. The van der Waals surface area contributed by atoms with Gasteiger partial charge in [0.15, 0.2) is 0 Å². The van der Waals surface area contributed by atoms with Gasteiger partial charge < -0.3 is 10.1 Å². The van der Waals surface area contributed by atoms with Gasteiger partial charge in [0.05, 0.1) is 6.61 Å². The van der Waals surface area contributed by atoms with Crippen LogP contribution < -0.4 is 5.32 Å². The fourth-order valence-electron chi connectivity index (χ4n) is 2.18. The van der Waals surface area contributed by atoms with E-state index >= 15 is 0 Å². The molecule has 0 heterocycles. The van der Waals surface area contributed by atoms with Crippen LogP contribution in [0.1, 0.15) is 50.2 Å². The highest BCUT2D eigenvalue weighted by Gasteiger charge is 2.20. The highest BCUT2D eigenvalue weighted by Crippen LogP contribution is 2.29. The predicted octanol–water partition coefficient (Wildman–Crippen LogP) is 3.72. The minimum atomic E-state index is 0.577.